The summed E-state index contributed by atoms with van der Waals surface area (Å²) < 4.78 is 14.1. The third-order valence-electron chi connectivity index (χ3n) is 2.95. The number of nitrogens with zero attached hydrogens (tertiary/aromatic N) is 2. The van der Waals surface area contributed by atoms with E-state index in [0.717, 1.165) is 6.54 Å². The maximum atomic E-state index is 14.1. The standard InChI is InChI=1S/C15H25FN4O/c1-6-17-13-12(16)11(7-8-18-13)14(21)19-9-15(2,3)10-20(4)5/h7-8H,6,9-10H2,1-5H3,(H,17,18)(H,19,21). The Bertz CT molecular complexity index is 489. The quantitative estimate of drug-likeness (QED) is 0.808. The van der Waals surface area contributed by atoms with Crippen molar-refractivity contribution in [1.29, 1.82) is 0 Å². The number of hydrogen-bond acceptors (Lipinski definition) is 4. The van der Waals surface area contributed by atoms with Crippen molar-refractivity contribution in [3.8, 4) is 0 Å². The van der Waals surface area contributed by atoms with Gasteiger partial charge in [-0.25, -0.2) is 9.37 Å². The van der Waals surface area contributed by atoms with Gasteiger partial charge in [0.1, 0.15) is 0 Å². The van der Waals surface area contributed by atoms with E-state index in [4.69, 9.17) is 0 Å². The second-order valence-electron chi connectivity index (χ2n) is 6.14. The van der Waals surface area contributed by atoms with Gasteiger partial charge in [-0.1, -0.05) is 13.8 Å². The second-order valence-corrected chi connectivity index (χ2v) is 6.14. The van der Waals surface area contributed by atoms with Crippen LogP contribution in [0.25, 0.3) is 0 Å². The number of nitrogens with one attached hydrogen (secondary N) is 2. The van der Waals surface area contributed by atoms with Crippen LogP contribution in [-0.4, -0.2) is 49.5 Å². The molecule has 0 aliphatic rings. The predicted octanol–water partition coefficient (Wildman–Crippen LogP) is 1.97. The lowest BCUT2D eigenvalue weighted by Crippen LogP contribution is -2.40. The topological polar surface area (TPSA) is 57.3 Å². The van der Waals surface area contributed by atoms with Gasteiger partial charge >= 0.3 is 0 Å². The SMILES string of the molecule is CCNc1nccc(C(=O)NCC(C)(C)CN(C)C)c1F. The van der Waals surface area contributed by atoms with Crippen molar-refractivity contribution >= 4 is 11.7 Å². The van der Waals surface area contributed by atoms with Crippen LogP contribution in [0.3, 0.4) is 0 Å². The molecule has 1 amide bonds. The summed E-state index contributed by atoms with van der Waals surface area (Å²) in [6.45, 7) is 7.81. The van der Waals surface area contributed by atoms with Gasteiger partial charge in [-0.2, -0.15) is 0 Å². The molecule has 118 valence electrons. The van der Waals surface area contributed by atoms with Crippen molar-refractivity contribution in [3.63, 3.8) is 0 Å². The van der Waals surface area contributed by atoms with Crippen LogP contribution in [0.1, 0.15) is 31.1 Å². The minimum Gasteiger partial charge on any atom is -0.368 e. The number of carbonyl (C=O) groups is 1. The number of rotatable bonds is 7. The minimum atomic E-state index is -0.609. The van der Waals surface area contributed by atoms with Crippen molar-refractivity contribution in [3.05, 3.63) is 23.6 Å². The number of hydrogen-bond donors (Lipinski definition) is 2. The average molecular weight is 296 g/mol. The fourth-order valence-corrected chi connectivity index (χ4v) is 2.24. The molecule has 0 saturated heterocycles. The summed E-state index contributed by atoms with van der Waals surface area (Å²) in [5.41, 5.74) is -0.0747. The third-order valence-corrected chi connectivity index (χ3v) is 2.95. The van der Waals surface area contributed by atoms with E-state index in [9.17, 15) is 9.18 Å². The molecule has 21 heavy (non-hydrogen) atoms. The molecule has 1 aromatic heterocycles. The average Bonchev–Trinajstić information content (AvgIpc) is 2.37. The Hall–Kier alpha value is -1.69. The molecule has 0 saturated carbocycles. The van der Waals surface area contributed by atoms with Crippen LogP contribution in [0, 0.1) is 11.2 Å². The van der Waals surface area contributed by atoms with Crippen LogP contribution in [-0.2, 0) is 0 Å². The number of anilines is 1. The summed E-state index contributed by atoms with van der Waals surface area (Å²) in [5, 5.41) is 5.59. The van der Waals surface area contributed by atoms with Crippen LogP contribution < -0.4 is 10.6 Å². The number of aromatic nitrogens is 1. The summed E-state index contributed by atoms with van der Waals surface area (Å²) in [6.07, 6.45) is 1.43. The number of pyridine rings is 1. The maximum Gasteiger partial charge on any atom is 0.254 e. The van der Waals surface area contributed by atoms with Gasteiger partial charge in [0.25, 0.3) is 5.91 Å². The van der Waals surface area contributed by atoms with Gasteiger partial charge in [-0.15, -0.1) is 0 Å². The molecule has 1 rings (SSSR count). The Kier molecular flexibility index (Phi) is 6.08. The van der Waals surface area contributed by atoms with Gasteiger partial charge < -0.3 is 15.5 Å². The smallest absolute Gasteiger partial charge is 0.254 e. The molecule has 6 heteroatoms. The maximum absolute atomic E-state index is 14.1. The molecule has 0 bridgehead atoms. The van der Waals surface area contributed by atoms with E-state index in [2.05, 4.69) is 34.4 Å². The summed E-state index contributed by atoms with van der Waals surface area (Å²) in [4.78, 5) is 18.1. The number of amides is 1. The highest BCUT2D eigenvalue weighted by Crippen LogP contribution is 2.17. The number of halogens is 1. The van der Waals surface area contributed by atoms with Crippen molar-refractivity contribution in [2.45, 2.75) is 20.8 Å². The van der Waals surface area contributed by atoms with Gasteiger partial charge in [0.05, 0.1) is 5.56 Å². The highest BCUT2D eigenvalue weighted by atomic mass is 19.1. The first-order valence-corrected chi connectivity index (χ1v) is 7.08. The van der Waals surface area contributed by atoms with Crippen LogP contribution in [0.2, 0.25) is 0 Å². The van der Waals surface area contributed by atoms with E-state index in [-0.39, 0.29) is 16.8 Å². The highest BCUT2D eigenvalue weighted by Gasteiger charge is 2.22. The lowest BCUT2D eigenvalue weighted by molar-refractivity contribution is 0.0925. The van der Waals surface area contributed by atoms with Crippen molar-refractivity contribution in [2.24, 2.45) is 5.41 Å². The molecular formula is C15H25FN4O. The van der Waals surface area contributed by atoms with E-state index in [1.54, 1.807) is 0 Å². The second kappa shape index (κ2) is 7.36. The Morgan fingerprint density at radius 1 is 1.43 bits per heavy atom. The van der Waals surface area contributed by atoms with Crippen LogP contribution in [0.4, 0.5) is 10.2 Å². The van der Waals surface area contributed by atoms with Crippen molar-refractivity contribution < 1.29 is 9.18 Å². The van der Waals surface area contributed by atoms with E-state index in [0.29, 0.717) is 13.1 Å². The zero-order valence-corrected chi connectivity index (χ0v) is 13.5. The predicted molar refractivity (Wildman–Crippen MR) is 83.0 cm³/mol. The molecule has 0 spiro atoms. The Morgan fingerprint density at radius 2 is 2.10 bits per heavy atom. The fourth-order valence-electron chi connectivity index (χ4n) is 2.24. The first-order valence-electron chi connectivity index (χ1n) is 7.08. The molecule has 0 aliphatic heterocycles. The van der Waals surface area contributed by atoms with E-state index in [1.807, 2.05) is 21.0 Å². The third kappa shape index (κ3) is 5.30. The van der Waals surface area contributed by atoms with Crippen LogP contribution in [0.15, 0.2) is 12.3 Å². The summed E-state index contributed by atoms with van der Waals surface area (Å²) in [6, 6.07) is 1.39. The first-order chi connectivity index (χ1) is 9.76. The van der Waals surface area contributed by atoms with Crippen LogP contribution >= 0.6 is 0 Å². The normalized spacial score (nSPS) is 11.6. The zero-order valence-electron chi connectivity index (χ0n) is 13.5. The monoisotopic (exact) mass is 296 g/mol. The molecule has 2 N–H and O–H groups in total. The van der Waals surface area contributed by atoms with E-state index >= 15 is 0 Å². The minimum absolute atomic E-state index is 0.0154. The highest BCUT2D eigenvalue weighted by molar-refractivity contribution is 5.95. The Balaban J connectivity index is 2.74. The van der Waals surface area contributed by atoms with Crippen molar-refractivity contribution in [1.82, 2.24) is 15.2 Å². The van der Waals surface area contributed by atoms with Gasteiger partial charge in [-0.3, -0.25) is 4.79 Å². The van der Waals surface area contributed by atoms with E-state index < -0.39 is 11.7 Å². The lowest BCUT2D eigenvalue weighted by Gasteiger charge is -2.28. The lowest BCUT2D eigenvalue weighted by atomic mass is 9.93. The molecule has 0 radical (unpaired) electrons. The van der Waals surface area contributed by atoms with E-state index in [1.165, 1.54) is 12.3 Å². The van der Waals surface area contributed by atoms with Gasteiger partial charge in [-0.05, 0) is 32.5 Å². The molecule has 0 fully saturated rings. The largest absolute Gasteiger partial charge is 0.368 e. The van der Waals surface area contributed by atoms with Gasteiger partial charge in [0.2, 0.25) is 0 Å². The summed E-state index contributed by atoms with van der Waals surface area (Å²) in [5.74, 6) is -0.916. The van der Waals surface area contributed by atoms with Crippen molar-refractivity contribution in [2.75, 3.05) is 39.0 Å². The fraction of sp³-hybridized carbons (Fsp3) is 0.600. The zero-order chi connectivity index (χ0) is 16.0. The molecule has 0 aromatic carbocycles. The summed E-state index contributed by atoms with van der Waals surface area (Å²) in [7, 11) is 3.96. The first kappa shape index (κ1) is 17.4. The number of carbonyl (C=O) groups excluding carboxylic acids is 1. The molecule has 1 aromatic rings. The molecule has 0 atom stereocenters. The molecular weight excluding hydrogens is 271 g/mol. The van der Waals surface area contributed by atoms with Crippen LogP contribution in [0.5, 0.6) is 0 Å². The molecule has 0 aliphatic carbocycles. The van der Waals surface area contributed by atoms with Gasteiger partial charge in [0, 0.05) is 25.8 Å². The Labute approximate surface area is 125 Å². The molecule has 0 unspecified atom stereocenters. The molecule has 1 heterocycles. The Morgan fingerprint density at radius 3 is 2.67 bits per heavy atom. The summed E-state index contributed by atoms with van der Waals surface area (Å²) >= 11 is 0. The molecule has 5 nitrogen and oxygen atoms in total. The van der Waals surface area contributed by atoms with Gasteiger partial charge in [0.15, 0.2) is 11.6 Å².